The molecule has 9 heteroatoms. The van der Waals surface area contributed by atoms with Gasteiger partial charge in [0.25, 0.3) is 0 Å². The SMILES string of the molecule is CC[C@@H](CO)NS(=O)(=O)c1ccc(O)c([N+](=O)[O-])c1. The normalized spacial score (nSPS) is 13.2. The van der Waals surface area contributed by atoms with E-state index < -0.39 is 32.4 Å². The Kier molecular flexibility index (Phi) is 4.81. The Balaban J connectivity index is 3.15. The summed E-state index contributed by atoms with van der Waals surface area (Å²) in [7, 11) is -3.98. The molecule has 0 saturated carbocycles. The lowest BCUT2D eigenvalue weighted by atomic mass is 10.3. The van der Waals surface area contributed by atoms with E-state index in [1.54, 1.807) is 6.92 Å². The van der Waals surface area contributed by atoms with Gasteiger partial charge in [0.1, 0.15) is 0 Å². The highest BCUT2D eigenvalue weighted by Gasteiger charge is 2.23. The Hall–Kier alpha value is -1.71. The summed E-state index contributed by atoms with van der Waals surface area (Å²) < 4.78 is 26.1. The molecule has 0 fully saturated rings. The van der Waals surface area contributed by atoms with Crippen LogP contribution >= 0.6 is 0 Å². The Morgan fingerprint density at radius 1 is 1.47 bits per heavy atom. The number of nitrogens with one attached hydrogen (secondary N) is 1. The van der Waals surface area contributed by atoms with E-state index in [1.807, 2.05) is 0 Å². The molecule has 0 radical (unpaired) electrons. The van der Waals surface area contributed by atoms with Crippen molar-refractivity contribution in [1.82, 2.24) is 4.72 Å². The minimum absolute atomic E-state index is 0.344. The van der Waals surface area contributed by atoms with E-state index >= 15 is 0 Å². The minimum Gasteiger partial charge on any atom is -0.502 e. The number of phenols is 1. The van der Waals surface area contributed by atoms with Crippen LogP contribution < -0.4 is 4.72 Å². The smallest absolute Gasteiger partial charge is 0.312 e. The topological polar surface area (TPSA) is 130 Å². The van der Waals surface area contributed by atoms with Crippen molar-refractivity contribution in [3.05, 3.63) is 28.3 Å². The number of aliphatic hydroxyl groups is 1. The molecule has 8 nitrogen and oxygen atoms in total. The second-order valence-electron chi connectivity index (χ2n) is 3.82. The lowest BCUT2D eigenvalue weighted by molar-refractivity contribution is -0.386. The maximum Gasteiger partial charge on any atom is 0.312 e. The van der Waals surface area contributed by atoms with Crippen LogP contribution in [0.1, 0.15) is 13.3 Å². The van der Waals surface area contributed by atoms with Gasteiger partial charge in [0.2, 0.25) is 10.0 Å². The Bertz CT molecular complexity index is 567. The van der Waals surface area contributed by atoms with Gasteiger partial charge in [-0.15, -0.1) is 0 Å². The van der Waals surface area contributed by atoms with Gasteiger partial charge in [0, 0.05) is 12.1 Å². The first-order valence-corrected chi connectivity index (χ1v) is 6.90. The van der Waals surface area contributed by atoms with E-state index in [-0.39, 0.29) is 11.5 Å². The van der Waals surface area contributed by atoms with E-state index in [4.69, 9.17) is 5.11 Å². The van der Waals surface area contributed by atoms with Crippen LogP contribution in [-0.4, -0.2) is 36.2 Å². The zero-order valence-corrected chi connectivity index (χ0v) is 10.9. The average molecular weight is 290 g/mol. The van der Waals surface area contributed by atoms with Crippen molar-refractivity contribution in [3.8, 4) is 5.75 Å². The van der Waals surface area contributed by atoms with Crippen LogP contribution in [0.4, 0.5) is 5.69 Å². The Morgan fingerprint density at radius 2 is 2.11 bits per heavy atom. The summed E-state index contributed by atoms with van der Waals surface area (Å²) in [4.78, 5) is 9.40. The summed E-state index contributed by atoms with van der Waals surface area (Å²) in [5, 5.41) is 28.8. The van der Waals surface area contributed by atoms with Gasteiger partial charge in [-0.25, -0.2) is 13.1 Å². The minimum atomic E-state index is -3.98. The standard InChI is InChI=1S/C10H14N2O6S/c1-2-7(6-13)11-19(17,18)8-3-4-10(14)9(5-8)12(15)16/h3-5,7,11,13-14H,2,6H2,1H3/t7-/m0/s1. The number of hydrogen-bond acceptors (Lipinski definition) is 6. The number of nitro groups is 1. The lowest BCUT2D eigenvalue weighted by Crippen LogP contribution is -2.36. The number of phenolic OH excluding ortho intramolecular Hbond substituents is 1. The molecule has 0 aliphatic carbocycles. The molecule has 106 valence electrons. The summed E-state index contributed by atoms with van der Waals surface area (Å²) in [6.07, 6.45) is 0.371. The zero-order valence-electron chi connectivity index (χ0n) is 10.1. The highest BCUT2D eigenvalue weighted by Crippen LogP contribution is 2.28. The van der Waals surface area contributed by atoms with E-state index in [1.165, 1.54) is 0 Å². The van der Waals surface area contributed by atoms with Crippen LogP contribution in [0, 0.1) is 10.1 Å². The second-order valence-corrected chi connectivity index (χ2v) is 5.53. The molecule has 1 aromatic carbocycles. The van der Waals surface area contributed by atoms with Gasteiger partial charge in [-0.3, -0.25) is 10.1 Å². The van der Waals surface area contributed by atoms with Crippen LogP contribution in [-0.2, 0) is 10.0 Å². The number of nitrogens with zero attached hydrogens (tertiary/aromatic N) is 1. The highest BCUT2D eigenvalue weighted by molar-refractivity contribution is 7.89. The highest BCUT2D eigenvalue weighted by atomic mass is 32.2. The molecule has 1 rings (SSSR count). The third-order valence-electron chi connectivity index (χ3n) is 2.49. The number of aliphatic hydroxyl groups excluding tert-OH is 1. The molecule has 19 heavy (non-hydrogen) atoms. The summed E-state index contributed by atoms with van der Waals surface area (Å²) in [6.45, 7) is 1.30. The van der Waals surface area contributed by atoms with Crippen LogP contribution in [0.25, 0.3) is 0 Å². The number of benzene rings is 1. The van der Waals surface area contributed by atoms with Gasteiger partial charge in [-0.2, -0.15) is 0 Å². The molecule has 0 unspecified atom stereocenters. The third kappa shape index (κ3) is 3.63. The van der Waals surface area contributed by atoms with Crippen LogP contribution in [0.15, 0.2) is 23.1 Å². The fourth-order valence-corrected chi connectivity index (χ4v) is 2.68. The van der Waals surface area contributed by atoms with E-state index in [0.29, 0.717) is 6.42 Å². The number of rotatable bonds is 6. The summed E-state index contributed by atoms with van der Waals surface area (Å²) >= 11 is 0. The van der Waals surface area contributed by atoms with E-state index in [2.05, 4.69) is 4.72 Å². The van der Waals surface area contributed by atoms with Gasteiger partial charge in [0.15, 0.2) is 5.75 Å². The van der Waals surface area contributed by atoms with Gasteiger partial charge >= 0.3 is 5.69 Å². The summed E-state index contributed by atoms with van der Waals surface area (Å²) in [6, 6.07) is 2.08. The number of sulfonamides is 1. The molecular weight excluding hydrogens is 276 g/mol. The van der Waals surface area contributed by atoms with Crippen molar-refractivity contribution in [2.45, 2.75) is 24.3 Å². The van der Waals surface area contributed by atoms with Crippen LogP contribution in [0.3, 0.4) is 0 Å². The van der Waals surface area contributed by atoms with Crippen molar-refractivity contribution < 1.29 is 23.6 Å². The van der Waals surface area contributed by atoms with Crippen LogP contribution in [0.5, 0.6) is 5.75 Å². The zero-order chi connectivity index (χ0) is 14.6. The number of nitro benzene ring substituents is 1. The Labute approximate surface area is 109 Å². The fraction of sp³-hybridized carbons (Fsp3) is 0.400. The fourth-order valence-electron chi connectivity index (χ4n) is 1.35. The molecule has 0 aliphatic rings. The monoisotopic (exact) mass is 290 g/mol. The van der Waals surface area contributed by atoms with Gasteiger partial charge in [0.05, 0.1) is 16.4 Å². The Morgan fingerprint density at radius 3 is 2.58 bits per heavy atom. The molecule has 0 bridgehead atoms. The van der Waals surface area contributed by atoms with Crippen molar-refractivity contribution in [1.29, 1.82) is 0 Å². The van der Waals surface area contributed by atoms with Gasteiger partial charge in [-0.1, -0.05) is 6.92 Å². The predicted molar refractivity (Wildman–Crippen MR) is 66.2 cm³/mol. The molecule has 1 atom stereocenters. The third-order valence-corrected chi connectivity index (χ3v) is 4.01. The molecular formula is C10H14N2O6S. The predicted octanol–water partition coefficient (Wildman–Crippen LogP) is 0.350. The summed E-state index contributed by atoms with van der Waals surface area (Å²) in [5.74, 6) is -0.613. The van der Waals surface area contributed by atoms with Crippen molar-refractivity contribution >= 4 is 15.7 Å². The maximum atomic E-state index is 11.9. The second kappa shape index (κ2) is 5.95. The average Bonchev–Trinajstić information content (AvgIpc) is 2.35. The summed E-state index contributed by atoms with van der Waals surface area (Å²) in [5.41, 5.74) is -0.695. The molecule has 0 heterocycles. The maximum absolute atomic E-state index is 11.9. The van der Waals surface area contributed by atoms with E-state index in [9.17, 15) is 23.6 Å². The van der Waals surface area contributed by atoms with Crippen molar-refractivity contribution in [2.75, 3.05) is 6.61 Å². The van der Waals surface area contributed by atoms with Crippen LogP contribution in [0.2, 0.25) is 0 Å². The molecule has 0 saturated heterocycles. The lowest BCUT2D eigenvalue weighted by Gasteiger charge is -2.14. The molecule has 0 spiro atoms. The molecule has 0 aliphatic heterocycles. The molecule has 3 N–H and O–H groups in total. The molecule has 0 aromatic heterocycles. The first-order valence-electron chi connectivity index (χ1n) is 5.42. The van der Waals surface area contributed by atoms with Crippen molar-refractivity contribution in [2.24, 2.45) is 0 Å². The van der Waals surface area contributed by atoms with Gasteiger partial charge in [-0.05, 0) is 18.6 Å². The molecule has 0 amide bonds. The quantitative estimate of drug-likeness (QED) is 0.512. The number of aromatic hydroxyl groups is 1. The first-order chi connectivity index (χ1) is 8.81. The largest absolute Gasteiger partial charge is 0.502 e. The first kappa shape index (κ1) is 15.3. The van der Waals surface area contributed by atoms with Gasteiger partial charge < -0.3 is 10.2 Å². The number of hydrogen-bond donors (Lipinski definition) is 3. The molecule has 1 aromatic rings. The van der Waals surface area contributed by atoms with E-state index in [0.717, 1.165) is 18.2 Å². The van der Waals surface area contributed by atoms with Crippen molar-refractivity contribution in [3.63, 3.8) is 0 Å².